The molecule has 1 aromatic rings. The van der Waals surface area contributed by atoms with Gasteiger partial charge in [0.1, 0.15) is 6.26 Å². The Morgan fingerprint density at radius 3 is 3.15 bits per heavy atom. The Labute approximate surface area is 77.1 Å². The molecule has 0 saturated carbocycles. The molecule has 4 heteroatoms. The fourth-order valence-electron chi connectivity index (χ4n) is 1.54. The van der Waals surface area contributed by atoms with Gasteiger partial charge in [-0.2, -0.15) is 0 Å². The van der Waals surface area contributed by atoms with Gasteiger partial charge in [-0.3, -0.25) is 0 Å². The largest absolute Gasteiger partial charge is 0.448 e. The van der Waals surface area contributed by atoms with Crippen molar-refractivity contribution in [2.75, 3.05) is 13.2 Å². The van der Waals surface area contributed by atoms with Crippen molar-refractivity contribution in [2.45, 2.75) is 25.3 Å². The number of hydrogen-bond acceptors (Lipinski definition) is 4. The molecule has 0 amide bonds. The van der Waals surface area contributed by atoms with E-state index in [2.05, 4.69) is 4.98 Å². The zero-order chi connectivity index (χ0) is 9.10. The number of nitrogens with two attached hydrogens (primary N) is 1. The van der Waals surface area contributed by atoms with Gasteiger partial charge in [0, 0.05) is 13.2 Å². The molecule has 2 N–H and O–H groups in total. The van der Waals surface area contributed by atoms with Crippen LogP contribution < -0.4 is 5.73 Å². The summed E-state index contributed by atoms with van der Waals surface area (Å²) in [4.78, 5) is 4.28. The van der Waals surface area contributed by atoms with Gasteiger partial charge in [-0.05, 0) is 12.8 Å². The molecule has 2 heterocycles. The third-order valence-electron chi connectivity index (χ3n) is 2.29. The predicted molar refractivity (Wildman–Crippen MR) is 47.2 cm³/mol. The van der Waals surface area contributed by atoms with Gasteiger partial charge < -0.3 is 14.9 Å². The van der Waals surface area contributed by atoms with Gasteiger partial charge in [0.2, 0.25) is 0 Å². The average Bonchev–Trinajstić information content (AvgIpc) is 2.67. The summed E-state index contributed by atoms with van der Waals surface area (Å²) in [6, 6.07) is 0. The van der Waals surface area contributed by atoms with E-state index in [4.69, 9.17) is 14.9 Å². The first-order valence-electron chi connectivity index (χ1n) is 4.62. The van der Waals surface area contributed by atoms with E-state index in [0.717, 1.165) is 37.6 Å². The third kappa shape index (κ3) is 1.89. The molecule has 72 valence electrons. The van der Waals surface area contributed by atoms with Crippen LogP contribution in [0.25, 0.3) is 0 Å². The molecular weight excluding hydrogens is 168 g/mol. The van der Waals surface area contributed by atoms with Crippen LogP contribution in [0, 0.1) is 0 Å². The fraction of sp³-hybridized carbons (Fsp3) is 0.667. The summed E-state index contributed by atoms with van der Waals surface area (Å²) in [5.74, 6) is 1.11. The molecule has 1 aromatic heterocycles. The van der Waals surface area contributed by atoms with Gasteiger partial charge in [0.25, 0.3) is 0 Å². The second kappa shape index (κ2) is 3.89. The number of nitrogens with zero attached hydrogens (tertiary/aromatic N) is 1. The van der Waals surface area contributed by atoms with E-state index in [1.54, 1.807) is 6.26 Å². The van der Waals surface area contributed by atoms with Crippen LogP contribution in [-0.2, 0) is 11.3 Å². The molecule has 0 aromatic carbocycles. The Morgan fingerprint density at radius 2 is 2.54 bits per heavy atom. The molecule has 0 bridgehead atoms. The molecule has 1 unspecified atom stereocenters. The molecule has 1 saturated heterocycles. The zero-order valence-electron chi connectivity index (χ0n) is 7.53. The van der Waals surface area contributed by atoms with E-state index < -0.39 is 0 Å². The van der Waals surface area contributed by atoms with Crippen molar-refractivity contribution in [3.05, 3.63) is 17.8 Å². The van der Waals surface area contributed by atoms with E-state index >= 15 is 0 Å². The summed E-state index contributed by atoms with van der Waals surface area (Å²) >= 11 is 0. The minimum absolute atomic E-state index is 0.328. The van der Waals surface area contributed by atoms with Crippen molar-refractivity contribution in [3.8, 4) is 0 Å². The maximum absolute atomic E-state index is 5.44. The summed E-state index contributed by atoms with van der Waals surface area (Å²) in [6.45, 7) is 2.03. The lowest BCUT2D eigenvalue weighted by atomic mass is 10.0. The number of oxazole rings is 1. The SMILES string of the molecule is NCc1coc(C2CCCOC2)n1. The van der Waals surface area contributed by atoms with Crippen LogP contribution in [-0.4, -0.2) is 18.2 Å². The van der Waals surface area contributed by atoms with E-state index in [0.29, 0.717) is 12.5 Å². The number of rotatable bonds is 2. The molecule has 13 heavy (non-hydrogen) atoms. The maximum atomic E-state index is 5.44. The fourth-order valence-corrected chi connectivity index (χ4v) is 1.54. The van der Waals surface area contributed by atoms with Crippen LogP contribution in [0.3, 0.4) is 0 Å². The standard InChI is InChI=1S/C9H14N2O2/c10-4-8-6-13-9(11-8)7-2-1-3-12-5-7/h6-7H,1-5,10H2. The lowest BCUT2D eigenvalue weighted by Gasteiger charge is -2.18. The predicted octanol–water partition coefficient (Wildman–Crippen LogP) is 1.03. The lowest BCUT2D eigenvalue weighted by Crippen LogP contribution is -2.15. The second-order valence-corrected chi connectivity index (χ2v) is 3.30. The monoisotopic (exact) mass is 182 g/mol. The quantitative estimate of drug-likeness (QED) is 0.742. The van der Waals surface area contributed by atoms with Gasteiger partial charge in [-0.15, -0.1) is 0 Å². The molecule has 0 aliphatic carbocycles. The maximum Gasteiger partial charge on any atom is 0.199 e. The lowest BCUT2D eigenvalue weighted by molar-refractivity contribution is 0.0725. The highest BCUT2D eigenvalue weighted by molar-refractivity contribution is 5.01. The molecule has 1 atom stereocenters. The summed E-state index contributed by atoms with van der Waals surface area (Å²) in [7, 11) is 0. The van der Waals surface area contributed by atoms with E-state index in [1.165, 1.54) is 0 Å². The van der Waals surface area contributed by atoms with Crippen LogP contribution in [0.5, 0.6) is 0 Å². The van der Waals surface area contributed by atoms with Crippen LogP contribution in [0.15, 0.2) is 10.7 Å². The molecular formula is C9H14N2O2. The van der Waals surface area contributed by atoms with Crippen molar-refractivity contribution < 1.29 is 9.15 Å². The van der Waals surface area contributed by atoms with Gasteiger partial charge >= 0.3 is 0 Å². The Hall–Kier alpha value is -0.870. The number of hydrogen-bond donors (Lipinski definition) is 1. The molecule has 4 nitrogen and oxygen atoms in total. The zero-order valence-corrected chi connectivity index (χ0v) is 7.53. The topological polar surface area (TPSA) is 61.3 Å². The van der Waals surface area contributed by atoms with Crippen LogP contribution in [0.4, 0.5) is 0 Å². The van der Waals surface area contributed by atoms with Crippen molar-refractivity contribution in [3.63, 3.8) is 0 Å². The summed E-state index contributed by atoms with van der Waals surface area (Å²) < 4.78 is 10.7. The van der Waals surface area contributed by atoms with Crippen molar-refractivity contribution in [1.29, 1.82) is 0 Å². The molecule has 2 rings (SSSR count). The van der Waals surface area contributed by atoms with Gasteiger partial charge in [-0.1, -0.05) is 0 Å². The first-order valence-corrected chi connectivity index (χ1v) is 4.62. The molecule has 1 aliphatic heterocycles. The summed E-state index contributed by atoms with van der Waals surface area (Å²) in [5, 5.41) is 0. The van der Waals surface area contributed by atoms with Crippen molar-refractivity contribution >= 4 is 0 Å². The summed E-state index contributed by atoms with van der Waals surface area (Å²) in [6.07, 6.45) is 3.82. The molecule has 1 aliphatic rings. The first kappa shape index (κ1) is 8.72. The minimum Gasteiger partial charge on any atom is -0.448 e. The molecule has 0 spiro atoms. The molecule has 0 radical (unpaired) electrons. The van der Waals surface area contributed by atoms with E-state index in [-0.39, 0.29) is 0 Å². The van der Waals surface area contributed by atoms with Crippen LogP contribution in [0.2, 0.25) is 0 Å². The van der Waals surface area contributed by atoms with Crippen molar-refractivity contribution in [2.24, 2.45) is 5.73 Å². The van der Waals surface area contributed by atoms with E-state index in [9.17, 15) is 0 Å². The Bertz CT molecular complexity index is 266. The second-order valence-electron chi connectivity index (χ2n) is 3.30. The van der Waals surface area contributed by atoms with Gasteiger partial charge in [0.15, 0.2) is 5.89 Å². The highest BCUT2D eigenvalue weighted by Gasteiger charge is 2.20. The smallest absolute Gasteiger partial charge is 0.199 e. The highest BCUT2D eigenvalue weighted by Crippen LogP contribution is 2.24. The number of ether oxygens (including phenoxy) is 1. The number of aromatic nitrogens is 1. The van der Waals surface area contributed by atoms with Gasteiger partial charge in [0.05, 0.1) is 18.2 Å². The van der Waals surface area contributed by atoms with Crippen LogP contribution >= 0.6 is 0 Å². The summed E-state index contributed by atoms with van der Waals surface area (Å²) in [5.41, 5.74) is 6.26. The minimum atomic E-state index is 0.328. The Morgan fingerprint density at radius 1 is 1.62 bits per heavy atom. The molecule has 1 fully saturated rings. The Kier molecular flexibility index (Phi) is 2.61. The van der Waals surface area contributed by atoms with Crippen LogP contribution in [0.1, 0.15) is 30.3 Å². The van der Waals surface area contributed by atoms with Crippen molar-refractivity contribution in [1.82, 2.24) is 4.98 Å². The highest BCUT2D eigenvalue weighted by atomic mass is 16.5. The Balaban J connectivity index is 2.05. The average molecular weight is 182 g/mol. The van der Waals surface area contributed by atoms with Gasteiger partial charge in [-0.25, -0.2) is 4.98 Å². The first-order chi connectivity index (χ1) is 6.40. The van der Waals surface area contributed by atoms with E-state index in [1.807, 2.05) is 0 Å². The normalized spacial score (nSPS) is 23.3. The third-order valence-corrected chi connectivity index (χ3v) is 2.29.